The van der Waals surface area contributed by atoms with Crippen LogP contribution in [-0.2, 0) is 20.7 Å². The first-order chi connectivity index (χ1) is 13.5. The fourth-order valence-corrected chi connectivity index (χ4v) is 4.13. The zero-order valence-corrected chi connectivity index (χ0v) is 16.1. The highest BCUT2D eigenvalue weighted by Gasteiger charge is 2.42. The molecule has 3 aromatic rings. The number of aromatic nitrogens is 1. The molecule has 1 unspecified atom stereocenters. The number of H-pyrrole nitrogens is 1. The van der Waals surface area contributed by atoms with Crippen LogP contribution in [-0.4, -0.2) is 42.0 Å². The lowest BCUT2D eigenvalue weighted by atomic mass is 9.88. The predicted molar refractivity (Wildman–Crippen MR) is 105 cm³/mol. The number of nitrogens with zero attached hydrogens (tertiary/aromatic N) is 1. The molecule has 0 fully saturated rings. The SMILES string of the molecule is COC(=O)[C@@H]1Cc2c([nH]c3ccccc23)C(c2ccc(OC)cc2)N1C(C)=O. The van der Waals surface area contributed by atoms with Crippen LogP contribution in [0.5, 0.6) is 5.75 Å². The third-order valence-electron chi connectivity index (χ3n) is 5.40. The maximum Gasteiger partial charge on any atom is 0.328 e. The first-order valence-electron chi connectivity index (χ1n) is 9.15. The maximum absolute atomic E-state index is 12.6. The number of nitrogens with one attached hydrogen (secondary N) is 1. The van der Waals surface area contributed by atoms with Crippen LogP contribution >= 0.6 is 0 Å². The van der Waals surface area contributed by atoms with Gasteiger partial charge in [0.05, 0.1) is 20.3 Å². The molecule has 6 nitrogen and oxygen atoms in total. The highest BCUT2D eigenvalue weighted by molar-refractivity contribution is 5.90. The van der Waals surface area contributed by atoms with E-state index in [2.05, 4.69) is 4.98 Å². The van der Waals surface area contributed by atoms with Crippen LogP contribution in [0.15, 0.2) is 48.5 Å². The topological polar surface area (TPSA) is 71.6 Å². The van der Waals surface area contributed by atoms with Gasteiger partial charge in [0.25, 0.3) is 0 Å². The zero-order valence-electron chi connectivity index (χ0n) is 16.1. The fraction of sp³-hybridized carbons (Fsp3) is 0.273. The smallest absolute Gasteiger partial charge is 0.328 e. The number of esters is 1. The second-order valence-electron chi connectivity index (χ2n) is 6.91. The second-order valence-corrected chi connectivity index (χ2v) is 6.91. The van der Waals surface area contributed by atoms with E-state index in [0.29, 0.717) is 6.42 Å². The summed E-state index contributed by atoms with van der Waals surface area (Å²) in [5.41, 5.74) is 3.86. The van der Waals surface area contributed by atoms with Crippen molar-refractivity contribution in [1.29, 1.82) is 0 Å². The van der Waals surface area contributed by atoms with Gasteiger partial charge in [0, 0.05) is 29.9 Å². The van der Waals surface area contributed by atoms with Gasteiger partial charge in [-0.05, 0) is 29.3 Å². The number of carbonyl (C=O) groups is 2. The number of benzene rings is 2. The van der Waals surface area contributed by atoms with E-state index in [0.717, 1.165) is 33.5 Å². The van der Waals surface area contributed by atoms with Gasteiger partial charge in [-0.2, -0.15) is 0 Å². The number of fused-ring (bicyclic) bond motifs is 3. The van der Waals surface area contributed by atoms with Crippen molar-refractivity contribution < 1.29 is 19.1 Å². The molecule has 0 aliphatic carbocycles. The summed E-state index contributed by atoms with van der Waals surface area (Å²) < 4.78 is 10.3. The summed E-state index contributed by atoms with van der Waals surface area (Å²) in [6.07, 6.45) is 0.415. The fourth-order valence-electron chi connectivity index (χ4n) is 4.13. The molecule has 0 bridgehead atoms. The van der Waals surface area contributed by atoms with Gasteiger partial charge in [-0.1, -0.05) is 30.3 Å². The number of methoxy groups -OCH3 is 2. The molecular weight excluding hydrogens is 356 g/mol. The van der Waals surface area contributed by atoms with Crippen LogP contribution in [0.2, 0.25) is 0 Å². The van der Waals surface area contributed by atoms with E-state index in [4.69, 9.17) is 9.47 Å². The Morgan fingerprint density at radius 1 is 1.07 bits per heavy atom. The molecule has 2 heterocycles. The Kier molecular flexibility index (Phi) is 4.55. The number of hydrogen-bond donors (Lipinski definition) is 1. The van der Waals surface area contributed by atoms with Crippen molar-refractivity contribution >= 4 is 22.8 Å². The average molecular weight is 378 g/mol. The van der Waals surface area contributed by atoms with Crippen molar-refractivity contribution in [1.82, 2.24) is 9.88 Å². The predicted octanol–water partition coefficient (Wildman–Crippen LogP) is 3.21. The molecule has 0 radical (unpaired) electrons. The number of para-hydroxylation sites is 1. The lowest BCUT2D eigenvalue weighted by molar-refractivity contribution is -0.154. The third-order valence-corrected chi connectivity index (χ3v) is 5.40. The lowest BCUT2D eigenvalue weighted by Gasteiger charge is -2.40. The van der Waals surface area contributed by atoms with Crippen LogP contribution in [0.3, 0.4) is 0 Å². The average Bonchev–Trinajstić information content (AvgIpc) is 3.10. The Bertz CT molecular complexity index is 1040. The molecule has 1 aliphatic heterocycles. The molecule has 1 aromatic heterocycles. The highest BCUT2D eigenvalue weighted by Crippen LogP contribution is 2.41. The van der Waals surface area contributed by atoms with Crippen LogP contribution in [0, 0.1) is 0 Å². The minimum atomic E-state index is -0.679. The van der Waals surface area contributed by atoms with Crippen LogP contribution < -0.4 is 4.74 Å². The summed E-state index contributed by atoms with van der Waals surface area (Å²) in [6.45, 7) is 1.49. The van der Waals surface area contributed by atoms with Crippen molar-refractivity contribution in [2.45, 2.75) is 25.4 Å². The van der Waals surface area contributed by atoms with E-state index < -0.39 is 18.1 Å². The number of ether oxygens (including phenoxy) is 2. The molecule has 2 atom stereocenters. The second kappa shape index (κ2) is 7.03. The maximum atomic E-state index is 12.6. The molecule has 28 heavy (non-hydrogen) atoms. The Morgan fingerprint density at radius 3 is 2.43 bits per heavy atom. The molecule has 6 heteroatoms. The van der Waals surface area contributed by atoms with E-state index in [9.17, 15) is 9.59 Å². The van der Waals surface area contributed by atoms with Gasteiger partial charge in [-0.3, -0.25) is 4.79 Å². The summed E-state index contributed by atoms with van der Waals surface area (Å²) in [5.74, 6) is 0.139. The van der Waals surface area contributed by atoms with E-state index >= 15 is 0 Å². The Hall–Kier alpha value is -3.28. The van der Waals surface area contributed by atoms with Crippen molar-refractivity contribution in [3.8, 4) is 5.75 Å². The van der Waals surface area contributed by atoms with Crippen LogP contribution in [0.25, 0.3) is 10.9 Å². The van der Waals surface area contributed by atoms with E-state index in [-0.39, 0.29) is 5.91 Å². The van der Waals surface area contributed by atoms with E-state index in [1.54, 1.807) is 12.0 Å². The van der Waals surface area contributed by atoms with Gasteiger partial charge >= 0.3 is 5.97 Å². The summed E-state index contributed by atoms with van der Waals surface area (Å²) in [4.78, 5) is 30.3. The number of rotatable bonds is 3. The monoisotopic (exact) mass is 378 g/mol. The number of aromatic amines is 1. The molecule has 144 valence electrons. The summed E-state index contributed by atoms with van der Waals surface area (Å²) in [7, 11) is 2.97. The van der Waals surface area contributed by atoms with Gasteiger partial charge in [-0.15, -0.1) is 0 Å². The minimum absolute atomic E-state index is 0.180. The standard InChI is InChI=1S/C22H22N2O4/c1-13(25)24-19(22(26)28-3)12-17-16-6-4-5-7-18(16)23-20(17)21(24)14-8-10-15(27-2)11-9-14/h4-11,19,21,23H,12H2,1-3H3/t19-,21?/m0/s1. The van der Waals surface area contributed by atoms with Gasteiger partial charge in [0.15, 0.2) is 0 Å². The zero-order chi connectivity index (χ0) is 19.8. The van der Waals surface area contributed by atoms with Gasteiger partial charge in [-0.25, -0.2) is 4.79 Å². The quantitative estimate of drug-likeness (QED) is 0.711. The number of amides is 1. The number of carbonyl (C=O) groups excluding carboxylic acids is 2. The number of hydrogen-bond acceptors (Lipinski definition) is 4. The molecule has 0 spiro atoms. The Morgan fingerprint density at radius 2 is 1.79 bits per heavy atom. The molecule has 1 aliphatic rings. The molecule has 1 amide bonds. The van der Waals surface area contributed by atoms with Crippen molar-refractivity contribution in [3.05, 3.63) is 65.4 Å². The molecule has 4 rings (SSSR count). The lowest BCUT2D eigenvalue weighted by Crippen LogP contribution is -2.51. The first kappa shape index (κ1) is 18.1. The molecule has 0 saturated carbocycles. The molecule has 2 aromatic carbocycles. The third kappa shape index (κ3) is 2.81. The van der Waals surface area contributed by atoms with Gasteiger partial charge < -0.3 is 19.4 Å². The Labute approximate surface area is 163 Å². The largest absolute Gasteiger partial charge is 0.497 e. The van der Waals surface area contributed by atoms with Crippen molar-refractivity contribution in [2.24, 2.45) is 0 Å². The molecule has 1 N–H and O–H groups in total. The van der Waals surface area contributed by atoms with Crippen molar-refractivity contribution in [3.63, 3.8) is 0 Å². The minimum Gasteiger partial charge on any atom is -0.497 e. The molecule has 0 saturated heterocycles. The van der Waals surface area contributed by atoms with Crippen LogP contribution in [0.1, 0.15) is 29.8 Å². The van der Waals surface area contributed by atoms with E-state index in [1.807, 2.05) is 48.5 Å². The normalized spacial score (nSPS) is 18.6. The molecular formula is C22H22N2O4. The van der Waals surface area contributed by atoms with Gasteiger partial charge in [0.2, 0.25) is 5.91 Å². The summed E-state index contributed by atoms with van der Waals surface area (Å²) in [5, 5.41) is 1.06. The van der Waals surface area contributed by atoms with Crippen molar-refractivity contribution in [2.75, 3.05) is 14.2 Å². The van der Waals surface area contributed by atoms with Gasteiger partial charge in [0.1, 0.15) is 11.8 Å². The highest BCUT2D eigenvalue weighted by atomic mass is 16.5. The van der Waals surface area contributed by atoms with Crippen LogP contribution in [0.4, 0.5) is 0 Å². The first-order valence-corrected chi connectivity index (χ1v) is 9.15. The summed E-state index contributed by atoms with van der Waals surface area (Å²) >= 11 is 0. The summed E-state index contributed by atoms with van der Waals surface area (Å²) in [6, 6.07) is 14.5. The van der Waals surface area contributed by atoms with E-state index in [1.165, 1.54) is 14.0 Å². The Balaban J connectivity index is 1.95.